The van der Waals surface area contributed by atoms with Crippen LogP contribution in [0.2, 0.25) is 0 Å². The molecule has 0 spiro atoms. The lowest BCUT2D eigenvalue weighted by atomic mass is 9.98. The van der Waals surface area contributed by atoms with E-state index in [4.69, 9.17) is 11.6 Å². The molecule has 0 radical (unpaired) electrons. The molecule has 0 amide bonds. The molecule has 1 aromatic heterocycles. The quantitative estimate of drug-likeness (QED) is 0.580. The second-order valence-electron chi connectivity index (χ2n) is 5.04. The smallest absolute Gasteiger partial charge is 0.195 e. The molecule has 1 unspecified atom stereocenters. The van der Waals surface area contributed by atoms with E-state index in [0.717, 1.165) is 17.7 Å². The number of thiophene rings is 1. The standard InChI is InChI=1S/C16H14ClFOS/c17-15(10-5-7-12(18)8-6-10)16(19)14-9-11-3-1-2-4-13(11)20-14/h5-9,15H,1-4H2. The highest BCUT2D eigenvalue weighted by Crippen LogP contribution is 2.34. The first-order chi connectivity index (χ1) is 9.65. The summed E-state index contributed by atoms with van der Waals surface area (Å²) in [5, 5.41) is -0.740. The fourth-order valence-electron chi connectivity index (χ4n) is 2.52. The third kappa shape index (κ3) is 2.65. The molecule has 2 aromatic rings. The van der Waals surface area contributed by atoms with Gasteiger partial charge in [-0.3, -0.25) is 4.79 Å². The van der Waals surface area contributed by atoms with Crippen molar-refractivity contribution in [2.75, 3.05) is 0 Å². The Morgan fingerprint density at radius 2 is 1.90 bits per heavy atom. The summed E-state index contributed by atoms with van der Waals surface area (Å²) in [5.74, 6) is -0.408. The highest BCUT2D eigenvalue weighted by atomic mass is 35.5. The molecular formula is C16H14ClFOS. The molecule has 104 valence electrons. The first-order valence-electron chi connectivity index (χ1n) is 6.70. The van der Waals surface area contributed by atoms with Crippen molar-refractivity contribution in [3.05, 3.63) is 57.0 Å². The van der Waals surface area contributed by atoms with Crippen LogP contribution in [0, 0.1) is 5.82 Å². The number of rotatable bonds is 3. The minimum Gasteiger partial charge on any atom is -0.291 e. The first-order valence-corrected chi connectivity index (χ1v) is 7.96. The number of hydrogen-bond acceptors (Lipinski definition) is 2. The zero-order valence-corrected chi connectivity index (χ0v) is 12.4. The Bertz CT molecular complexity index is 609. The Labute approximate surface area is 126 Å². The highest BCUT2D eigenvalue weighted by Gasteiger charge is 2.23. The molecule has 4 heteroatoms. The molecule has 1 aromatic carbocycles. The van der Waals surface area contributed by atoms with E-state index in [1.54, 1.807) is 23.5 Å². The van der Waals surface area contributed by atoms with E-state index >= 15 is 0 Å². The van der Waals surface area contributed by atoms with Crippen molar-refractivity contribution in [1.29, 1.82) is 0 Å². The molecule has 0 saturated heterocycles. The predicted octanol–water partition coefficient (Wildman–Crippen LogP) is 4.93. The van der Waals surface area contributed by atoms with Gasteiger partial charge in [0.2, 0.25) is 0 Å². The van der Waals surface area contributed by atoms with Gasteiger partial charge < -0.3 is 0 Å². The van der Waals surface area contributed by atoms with Gasteiger partial charge in [-0.25, -0.2) is 4.39 Å². The molecule has 0 aliphatic heterocycles. The number of fused-ring (bicyclic) bond motifs is 1. The van der Waals surface area contributed by atoms with Gasteiger partial charge in [-0.15, -0.1) is 22.9 Å². The summed E-state index contributed by atoms with van der Waals surface area (Å²) in [6, 6.07) is 7.78. The van der Waals surface area contributed by atoms with Gasteiger partial charge >= 0.3 is 0 Å². The van der Waals surface area contributed by atoms with Gasteiger partial charge in [-0.1, -0.05) is 12.1 Å². The van der Waals surface area contributed by atoms with Crippen LogP contribution in [0.15, 0.2) is 30.3 Å². The SMILES string of the molecule is O=C(c1cc2c(s1)CCCC2)C(Cl)c1ccc(F)cc1. The molecule has 1 heterocycles. The van der Waals surface area contributed by atoms with Crippen molar-refractivity contribution in [3.8, 4) is 0 Å². The summed E-state index contributed by atoms with van der Waals surface area (Å²) >= 11 is 7.80. The summed E-state index contributed by atoms with van der Waals surface area (Å²) in [6.07, 6.45) is 4.52. The third-order valence-electron chi connectivity index (χ3n) is 3.63. The predicted molar refractivity (Wildman–Crippen MR) is 80.3 cm³/mol. The van der Waals surface area contributed by atoms with Crippen LogP contribution >= 0.6 is 22.9 Å². The molecule has 0 bridgehead atoms. The summed E-state index contributed by atoms with van der Waals surface area (Å²) in [4.78, 5) is 14.5. The van der Waals surface area contributed by atoms with Crippen LogP contribution in [0.4, 0.5) is 4.39 Å². The molecule has 1 aliphatic carbocycles. The molecule has 0 N–H and O–H groups in total. The number of hydrogen-bond donors (Lipinski definition) is 0. The summed E-state index contributed by atoms with van der Waals surface area (Å²) in [7, 11) is 0. The van der Waals surface area contributed by atoms with Crippen LogP contribution in [-0.4, -0.2) is 5.78 Å². The molecular weight excluding hydrogens is 295 g/mol. The van der Waals surface area contributed by atoms with E-state index in [0.29, 0.717) is 5.56 Å². The average molecular weight is 309 g/mol. The third-order valence-corrected chi connectivity index (χ3v) is 5.33. The largest absolute Gasteiger partial charge is 0.291 e. The number of Topliss-reactive ketones (excluding diaryl/α,β-unsaturated/α-hetero) is 1. The normalized spacial score (nSPS) is 15.7. The van der Waals surface area contributed by atoms with Gasteiger partial charge in [-0.2, -0.15) is 0 Å². The van der Waals surface area contributed by atoms with Crippen molar-refractivity contribution in [3.63, 3.8) is 0 Å². The van der Waals surface area contributed by atoms with Crippen molar-refractivity contribution in [1.82, 2.24) is 0 Å². The van der Waals surface area contributed by atoms with Crippen molar-refractivity contribution in [2.24, 2.45) is 0 Å². The molecule has 3 rings (SSSR count). The van der Waals surface area contributed by atoms with Crippen LogP contribution in [0.25, 0.3) is 0 Å². The second-order valence-corrected chi connectivity index (χ2v) is 6.62. The maximum atomic E-state index is 12.9. The van der Waals surface area contributed by atoms with E-state index in [9.17, 15) is 9.18 Å². The summed E-state index contributed by atoms with van der Waals surface area (Å²) in [6.45, 7) is 0. The molecule has 0 saturated carbocycles. The molecule has 1 atom stereocenters. The number of aryl methyl sites for hydroxylation is 2. The number of alkyl halides is 1. The van der Waals surface area contributed by atoms with E-state index in [-0.39, 0.29) is 11.6 Å². The lowest BCUT2D eigenvalue weighted by molar-refractivity contribution is 0.0991. The van der Waals surface area contributed by atoms with Gasteiger partial charge in [0, 0.05) is 4.88 Å². The lowest BCUT2D eigenvalue weighted by Gasteiger charge is -2.08. The maximum Gasteiger partial charge on any atom is 0.195 e. The number of halogens is 2. The summed E-state index contributed by atoms with van der Waals surface area (Å²) in [5.41, 5.74) is 1.94. The minimum absolute atomic E-state index is 0.0855. The van der Waals surface area contributed by atoms with Crippen molar-refractivity contribution < 1.29 is 9.18 Å². The molecule has 0 fully saturated rings. The Balaban J connectivity index is 1.84. The highest BCUT2D eigenvalue weighted by molar-refractivity contribution is 7.14. The topological polar surface area (TPSA) is 17.1 Å². The van der Waals surface area contributed by atoms with E-state index in [1.807, 2.05) is 6.07 Å². The van der Waals surface area contributed by atoms with Gasteiger partial charge in [0.05, 0.1) is 4.88 Å². The molecule has 1 nitrogen and oxygen atoms in total. The van der Waals surface area contributed by atoms with E-state index in [1.165, 1.54) is 35.4 Å². The van der Waals surface area contributed by atoms with Crippen LogP contribution < -0.4 is 0 Å². The Morgan fingerprint density at radius 1 is 1.20 bits per heavy atom. The van der Waals surface area contributed by atoms with Crippen molar-refractivity contribution in [2.45, 2.75) is 31.1 Å². The number of ketones is 1. The van der Waals surface area contributed by atoms with Crippen LogP contribution in [0.5, 0.6) is 0 Å². The van der Waals surface area contributed by atoms with Crippen LogP contribution in [-0.2, 0) is 12.8 Å². The fraction of sp³-hybridized carbons (Fsp3) is 0.312. The number of carbonyl (C=O) groups is 1. The van der Waals surface area contributed by atoms with E-state index in [2.05, 4.69) is 0 Å². The lowest BCUT2D eigenvalue weighted by Crippen LogP contribution is -2.05. The Morgan fingerprint density at radius 3 is 2.60 bits per heavy atom. The molecule has 1 aliphatic rings. The monoisotopic (exact) mass is 308 g/mol. The average Bonchev–Trinajstić information content (AvgIpc) is 2.90. The van der Waals surface area contributed by atoms with Crippen LogP contribution in [0.3, 0.4) is 0 Å². The zero-order chi connectivity index (χ0) is 14.1. The summed E-state index contributed by atoms with van der Waals surface area (Å²) < 4.78 is 12.9. The first kappa shape index (κ1) is 13.8. The zero-order valence-electron chi connectivity index (χ0n) is 10.9. The van der Waals surface area contributed by atoms with Gasteiger partial charge in [0.1, 0.15) is 11.2 Å². The maximum absolute atomic E-state index is 12.9. The van der Waals surface area contributed by atoms with Gasteiger partial charge in [-0.05, 0) is 55.0 Å². The van der Waals surface area contributed by atoms with Gasteiger partial charge in [0.25, 0.3) is 0 Å². The minimum atomic E-state index is -0.740. The van der Waals surface area contributed by atoms with Crippen LogP contribution in [0.1, 0.15) is 43.9 Å². The van der Waals surface area contributed by atoms with Crippen molar-refractivity contribution >= 4 is 28.7 Å². The van der Waals surface area contributed by atoms with Gasteiger partial charge in [0.15, 0.2) is 5.78 Å². The molecule has 20 heavy (non-hydrogen) atoms. The fourth-order valence-corrected chi connectivity index (χ4v) is 4.07. The second kappa shape index (κ2) is 5.66. The Kier molecular flexibility index (Phi) is 3.90. The van der Waals surface area contributed by atoms with E-state index < -0.39 is 5.38 Å². The Hall–Kier alpha value is -1.19. The number of carbonyl (C=O) groups excluding carboxylic acids is 1. The number of benzene rings is 1.